The average molecular weight is 682 g/mol. The zero-order valence-corrected chi connectivity index (χ0v) is 27.3. The predicted molar refractivity (Wildman–Crippen MR) is 161 cm³/mol. The van der Waals surface area contributed by atoms with Gasteiger partial charge in [-0.05, 0) is 50.9 Å². The number of hydrogen-bond acceptors (Lipinski definition) is 12. The van der Waals surface area contributed by atoms with Crippen LogP contribution in [-0.2, 0) is 39.7 Å². The molecule has 0 saturated carbocycles. The Morgan fingerprint density at radius 3 is 2.53 bits per heavy atom. The summed E-state index contributed by atoms with van der Waals surface area (Å²) in [6, 6.07) is 7.37. The van der Waals surface area contributed by atoms with E-state index in [2.05, 4.69) is 25.1 Å². The van der Waals surface area contributed by atoms with Crippen LogP contribution in [0.3, 0.4) is 0 Å². The van der Waals surface area contributed by atoms with E-state index in [1.165, 1.54) is 18.5 Å². The Hall–Kier alpha value is -1.91. The van der Waals surface area contributed by atoms with Crippen LogP contribution >= 0.6 is 30.8 Å². The lowest BCUT2D eigenvalue weighted by molar-refractivity contribution is -0.223. The van der Waals surface area contributed by atoms with Crippen molar-refractivity contribution >= 4 is 57.7 Å². The number of benzene rings is 1. The lowest BCUT2D eigenvalue weighted by atomic mass is 10.2. The molecule has 3 atom stereocenters. The molecule has 3 heterocycles. The van der Waals surface area contributed by atoms with Crippen molar-refractivity contribution in [2.24, 2.45) is 0 Å². The monoisotopic (exact) mass is 680 g/mol. The van der Waals surface area contributed by atoms with Crippen molar-refractivity contribution in [3.63, 3.8) is 0 Å². The Kier molecular flexibility index (Phi) is 11.1. The van der Waals surface area contributed by atoms with Gasteiger partial charge in [0.15, 0.2) is 23.2 Å². The SMILES string of the molecule is CCOP(=O)(CS(=O)(=O)NC[C@@H]1C[C@@H](OC(C)(C)O)[C@H](n2ncc3c(NCc4ccccc4Cl)nc(Cl)nc32)O1)OCC. The summed E-state index contributed by atoms with van der Waals surface area (Å²) in [5.74, 6) is -1.13. The molecule has 1 aromatic carbocycles. The minimum absolute atomic E-state index is 0.0266. The van der Waals surface area contributed by atoms with Gasteiger partial charge in [0.25, 0.3) is 0 Å². The fourth-order valence-corrected chi connectivity index (χ4v) is 8.85. The second-order valence-electron chi connectivity index (χ2n) is 10.1. The normalized spacial score (nSPS) is 19.7. The van der Waals surface area contributed by atoms with Gasteiger partial charge in [0, 0.05) is 24.5 Å². The summed E-state index contributed by atoms with van der Waals surface area (Å²) in [4.78, 5) is 8.66. The van der Waals surface area contributed by atoms with Crippen LogP contribution in [0.15, 0.2) is 30.5 Å². The minimum atomic E-state index is -4.08. The summed E-state index contributed by atoms with van der Waals surface area (Å²) in [6.07, 6.45) is -0.661. The van der Waals surface area contributed by atoms with E-state index in [0.717, 1.165) is 5.56 Å². The third-order valence-corrected chi connectivity index (χ3v) is 11.2. The van der Waals surface area contributed by atoms with Gasteiger partial charge in [-0.15, -0.1) is 0 Å². The van der Waals surface area contributed by atoms with Crippen LogP contribution in [0.4, 0.5) is 5.82 Å². The molecule has 0 unspecified atom stereocenters. The van der Waals surface area contributed by atoms with Crippen LogP contribution in [-0.4, -0.2) is 76.5 Å². The number of anilines is 1. The van der Waals surface area contributed by atoms with Gasteiger partial charge in [0.05, 0.1) is 30.9 Å². The zero-order valence-electron chi connectivity index (χ0n) is 24.1. The topological polar surface area (TPSA) is 176 Å². The molecule has 2 aromatic heterocycles. The van der Waals surface area contributed by atoms with Crippen LogP contribution in [0.25, 0.3) is 11.0 Å². The first-order valence-electron chi connectivity index (χ1n) is 13.5. The summed E-state index contributed by atoms with van der Waals surface area (Å²) < 4.78 is 64.5. The molecule has 0 amide bonds. The van der Waals surface area contributed by atoms with Crippen LogP contribution in [0.5, 0.6) is 0 Å². The average Bonchev–Trinajstić information content (AvgIpc) is 3.49. The molecule has 14 nitrogen and oxygen atoms in total. The number of aromatic nitrogens is 4. The van der Waals surface area contributed by atoms with Crippen LogP contribution in [0.2, 0.25) is 10.3 Å². The highest BCUT2D eigenvalue weighted by atomic mass is 35.5. The summed E-state index contributed by atoms with van der Waals surface area (Å²) in [7, 11) is -7.95. The summed E-state index contributed by atoms with van der Waals surface area (Å²) in [5.41, 5.74) is 0.331. The molecule has 1 aliphatic heterocycles. The first-order chi connectivity index (χ1) is 20.2. The molecule has 0 bridgehead atoms. The van der Waals surface area contributed by atoms with E-state index in [1.54, 1.807) is 26.1 Å². The van der Waals surface area contributed by atoms with E-state index in [-0.39, 0.29) is 31.5 Å². The molecule has 43 heavy (non-hydrogen) atoms. The Balaban J connectivity index is 1.55. The van der Waals surface area contributed by atoms with Gasteiger partial charge in [0.1, 0.15) is 11.9 Å². The van der Waals surface area contributed by atoms with E-state index in [4.69, 9.17) is 41.7 Å². The van der Waals surface area contributed by atoms with Crippen molar-refractivity contribution in [3.8, 4) is 0 Å². The van der Waals surface area contributed by atoms with Gasteiger partial charge in [-0.3, -0.25) is 4.57 Å². The number of aliphatic hydroxyl groups is 1. The van der Waals surface area contributed by atoms with E-state index in [1.807, 2.05) is 18.2 Å². The Labute approximate surface area is 259 Å². The van der Waals surface area contributed by atoms with E-state index in [0.29, 0.717) is 28.4 Å². The molecule has 238 valence electrons. The highest BCUT2D eigenvalue weighted by Crippen LogP contribution is 2.49. The molecule has 18 heteroatoms. The number of fused-ring (bicyclic) bond motifs is 1. The highest BCUT2D eigenvalue weighted by Gasteiger charge is 2.42. The molecule has 1 saturated heterocycles. The Morgan fingerprint density at radius 2 is 1.88 bits per heavy atom. The highest BCUT2D eigenvalue weighted by molar-refractivity contribution is 7.96. The zero-order chi connectivity index (χ0) is 31.4. The Bertz CT molecular complexity index is 1560. The fraction of sp³-hybridized carbons (Fsp3) is 0.560. The van der Waals surface area contributed by atoms with Crippen molar-refractivity contribution in [2.45, 2.75) is 64.9 Å². The van der Waals surface area contributed by atoms with Crippen molar-refractivity contribution in [1.82, 2.24) is 24.5 Å². The molecule has 0 aliphatic carbocycles. The number of rotatable bonds is 15. The van der Waals surface area contributed by atoms with Crippen molar-refractivity contribution in [1.29, 1.82) is 0 Å². The van der Waals surface area contributed by atoms with Gasteiger partial charge in [-0.2, -0.15) is 15.1 Å². The smallest absolute Gasteiger partial charge is 0.347 e. The molecule has 1 aliphatic rings. The molecule has 0 radical (unpaired) electrons. The predicted octanol–water partition coefficient (Wildman–Crippen LogP) is 4.29. The fourth-order valence-electron chi connectivity index (χ4n) is 4.56. The third kappa shape index (κ3) is 9.07. The molecule has 3 N–H and O–H groups in total. The van der Waals surface area contributed by atoms with Crippen LogP contribution in [0, 0.1) is 0 Å². The number of nitrogens with zero attached hydrogens (tertiary/aromatic N) is 4. The van der Waals surface area contributed by atoms with Gasteiger partial charge in [-0.25, -0.2) is 17.8 Å². The maximum Gasteiger partial charge on any atom is 0.347 e. The van der Waals surface area contributed by atoms with Crippen LogP contribution < -0.4 is 10.0 Å². The third-order valence-electron chi connectivity index (χ3n) is 6.17. The van der Waals surface area contributed by atoms with Gasteiger partial charge < -0.3 is 28.9 Å². The summed E-state index contributed by atoms with van der Waals surface area (Å²) in [5, 5.41) is 19.2. The molecule has 1 fully saturated rings. The second-order valence-corrected chi connectivity index (χ2v) is 15.2. The lowest BCUT2D eigenvalue weighted by Gasteiger charge is -2.26. The maximum absolute atomic E-state index is 12.8. The van der Waals surface area contributed by atoms with Crippen molar-refractivity contribution in [2.75, 3.05) is 30.6 Å². The van der Waals surface area contributed by atoms with Gasteiger partial charge in [-0.1, -0.05) is 29.8 Å². The summed E-state index contributed by atoms with van der Waals surface area (Å²) >= 11 is 12.6. The van der Waals surface area contributed by atoms with Gasteiger partial charge in [0.2, 0.25) is 15.3 Å². The quantitative estimate of drug-likeness (QED) is 0.118. The number of ether oxygens (including phenoxy) is 2. The van der Waals surface area contributed by atoms with Crippen molar-refractivity contribution in [3.05, 3.63) is 46.3 Å². The van der Waals surface area contributed by atoms with Gasteiger partial charge >= 0.3 is 7.60 Å². The van der Waals surface area contributed by atoms with Crippen molar-refractivity contribution < 1.29 is 36.6 Å². The molecule has 0 spiro atoms. The molecule has 4 rings (SSSR count). The first-order valence-corrected chi connectivity index (χ1v) is 17.6. The number of hydrogen-bond donors (Lipinski definition) is 3. The summed E-state index contributed by atoms with van der Waals surface area (Å²) in [6.45, 7) is 6.36. The molecular weight excluding hydrogens is 646 g/mol. The standard InChI is InChI=1S/C25H35Cl2N6O8PS/c1-5-38-42(35,39-6-2)15-43(36,37)30-13-17-11-20(41-25(3,4)34)23(40-17)33-22-18(14-29-33)21(31-24(27)32-22)28-12-16-9-7-8-10-19(16)26/h7-10,14,17,20,23,30,34H,5-6,11-13,15H2,1-4H3,(H,28,31,32)/t17-,20+,23+/m0/s1. The number of sulfonamides is 1. The number of halogens is 2. The van der Waals surface area contributed by atoms with E-state index < -0.39 is 47.3 Å². The Morgan fingerprint density at radius 1 is 1.19 bits per heavy atom. The largest absolute Gasteiger partial charge is 0.366 e. The lowest BCUT2D eigenvalue weighted by Crippen LogP contribution is -2.35. The van der Waals surface area contributed by atoms with E-state index in [9.17, 15) is 18.1 Å². The van der Waals surface area contributed by atoms with E-state index >= 15 is 0 Å². The first kappa shape index (κ1) is 34.0. The number of nitrogens with one attached hydrogen (secondary N) is 2. The molecule has 3 aromatic rings. The molecular formula is C25H35Cl2N6O8PS. The van der Waals surface area contributed by atoms with Crippen LogP contribution in [0.1, 0.15) is 45.9 Å². The maximum atomic E-state index is 12.8. The minimum Gasteiger partial charge on any atom is -0.366 e. The second kappa shape index (κ2) is 14.0.